The average Bonchev–Trinajstić information content (AvgIpc) is 3.29. The van der Waals surface area contributed by atoms with Crippen LogP contribution in [0.15, 0.2) is 77.4 Å². The molecule has 30 heavy (non-hydrogen) atoms. The van der Waals surface area contributed by atoms with Crippen LogP contribution in [-0.4, -0.2) is 24.6 Å². The summed E-state index contributed by atoms with van der Waals surface area (Å²) in [4.78, 5) is 23.9. The lowest BCUT2D eigenvalue weighted by atomic mass is 10.2. The van der Waals surface area contributed by atoms with Gasteiger partial charge >= 0.3 is 5.97 Å². The molecule has 3 rings (SSSR count). The predicted molar refractivity (Wildman–Crippen MR) is 109 cm³/mol. The minimum atomic E-state index is -0.940. The molecule has 1 aromatic heterocycles. The fourth-order valence-corrected chi connectivity index (χ4v) is 2.53. The molecule has 7 heteroatoms. The molecule has 0 aliphatic heterocycles. The van der Waals surface area contributed by atoms with Crippen molar-refractivity contribution in [1.82, 2.24) is 5.32 Å². The van der Waals surface area contributed by atoms with Crippen molar-refractivity contribution in [3.05, 3.63) is 84.3 Å². The van der Waals surface area contributed by atoms with Crippen molar-refractivity contribution in [2.24, 2.45) is 0 Å². The van der Waals surface area contributed by atoms with Gasteiger partial charge in [-0.1, -0.05) is 30.3 Å². The van der Waals surface area contributed by atoms with Crippen molar-refractivity contribution < 1.29 is 28.2 Å². The summed E-state index contributed by atoms with van der Waals surface area (Å²) < 4.78 is 21.3. The van der Waals surface area contributed by atoms with E-state index in [1.807, 2.05) is 30.3 Å². The monoisotopic (exact) mass is 409 g/mol. The van der Waals surface area contributed by atoms with Gasteiger partial charge in [0.25, 0.3) is 5.91 Å². The summed E-state index contributed by atoms with van der Waals surface area (Å²) in [6, 6.07) is 20.2. The van der Waals surface area contributed by atoms with Crippen LogP contribution in [0.1, 0.15) is 18.2 Å². The Balaban J connectivity index is 1.37. The van der Waals surface area contributed by atoms with E-state index in [1.54, 1.807) is 36.4 Å². The van der Waals surface area contributed by atoms with Crippen molar-refractivity contribution >= 4 is 11.9 Å². The number of hydrogen-bond acceptors (Lipinski definition) is 6. The van der Waals surface area contributed by atoms with Gasteiger partial charge in [0.05, 0.1) is 12.8 Å². The van der Waals surface area contributed by atoms with E-state index >= 15 is 0 Å². The topological polar surface area (TPSA) is 87.0 Å². The molecule has 0 saturated carbocycles. The van der Waals surface area contributed by atoms with Gasteiger partial charge in [-0.2, -0.15) is 0 Å². The second kappa shape index (κ2) is 10.7. The van der Waals surface area contributed by atoms with Gasteiger partial charge in [0.2, 0.25) is 0 Å². The van der Waals surface area contributed by atoms with Gasteiger partial charge in [0, 0.05) is 0 Å². The zero-order valence-electron chi connectivity index (χ0n) is 16.6. The highest BCUT2D eigenvalue weighted by atomic mass is 16.6. The molecular weight excluding hydrogens is 386 g/mol. The Labute approximate surface area is 174 Å². The third-order valence-electron chi connectivity index (χ3n) is 4.12. The maximum absolute atomic E-state index is 12.0. The van der Waals surface area contributed by atoms with Crippen molar-refractivity contribution in [2.75, 3.05) is 6.61 Å². The largest absolute Gasteiger partial charge is 0.489 e. The third kappa shape index (κ3) is 6.70. The molecule has 1 heterocycles. The molecule has 0 spiro atoms. The number of carbonyl (C=O) groups excluding carboxylic acids is 2. The van der Waals surface area contributed by atoms with E-state index < -0.39 is 18.0 Å². The van der Waals surface area contributed by atoms with Gasteiger partial charge in [-0.05, 0) is 48.9 Å². The summed E-state index contributed by atoms with van der Waals surface area (Å²) in [7, 11) is 0. The minimum Gasteiger partial charge on any atom is -0.489 e. The first kappa shape index (κ1) is 21.0. The molecule has 0 aliphatic carbocycles. The molecule has 0 unspecified atom stereocenters. The van der Waals surface area contributed by atoms with Crippen LogP contribution < -0.4 is 14.8 Å². The molecule has 3 aromatic rings. The van der Waals surface area contributed by atoms with E-state index in [0.29, 0.717) is 23.9 Å². The first-order chi connectivity index (χ1) is 14.6. The van der Waals surface area contributed by atoms with Crippen molar-refractivity contribution in [3.8, 4) is 11.5 Å². The molecule has 0 bridgehead atoms. The van der Waals surface area contributed by atoms with Crippen LogP contribution in [0.5, 0.6) is 11.5 Å². The van der Waals surface area contributed by atoms with Crippen molar-refractivity contribution in [1.29, 1.82) is 0 Å². The average molecular weight is 409 g/mol. The van der Waals surface area contributed by atoms with Crippen molar-refractivity contribution in [3.63, 3.8) is 0 Å². The highest BCUT2D eigenvalue weighted by Crippen LogP contribution is 2.18. The second-order valence-electron chi connectivity index (χ2n) is 6.46. The number of benzene rings is 2. The zero-order valence-corrected chi connectivity index (χ0v) is 16.6. The molecule has 156 valence electrons. The van der Waals surface area contributed by atoms with Gasteiger partial charge in [0.15, 0.2) is 12.7 Å². The number of carbonyl (C=O) groups is 2. The van der Waals surface area contributed by atoms with E-state index in [4.69, 9.17) is 18.6 Å². The van der Waals surface area contributed by atoms with Crippen molar-refractivity contribution in [2.45, 2.75) is 26.2 Å². The molecule has 0 fully saturated rings. The minimum absolute atomic E-state index is 0.225. The molecule has 0 saturated heterocycles. The Kier molecular flexibility index (Phi) is 7.49. The third-order valence-corrected chi connectivity index (χ3v) is 4.12. The first-order valence-corrected chi connectivity index (χ1v) is 9.49. The van der Waals surface area contributed by atoms with Crippen LogP contribution in [0.3, 0.4) is 0 Å². The lowest BCUT2D eigenvalue weighted by Crippen LogP contribution is -2.36. The summed E-state index contributed by atoms with van der Waals surface area (Å²) in [5, 5.41) is 2.63. The molecule has 1 amide bonds. The van der Waals surface area contributed by atoms with E-state index in [9.17, 15) is 9.59 Å². The van der Waals surface area contributed by atoms with E-state index in [2.05, 4.69) is 5.32 Å². The summed E-state index contributed by atoms with van der Waals surface area (Å²) in [5.74, 6) is 0.741. The number of furan rings is 1. The number of nitrogens with one attached hydrogen (secondary N) is 1. The lowest BCUT2D eigenvalue weighted by molar-refractivity contribution is -0.156. The molecular formula is C23H23NO6. The maximum atomic E-state index is 12.0. The van der Waals surface area contributed by atoms with Crippen LogP contribution in [0.25, 0.3) is 0 Å². The molecule has 0 radical (unpaired) electrons. The van der Waals surface area contributed by atoms with E-state index in [0.717, 1.165) is 5.56 Å². The Hall–Kier alpha value is -3.74. The fourth-order valence-electron chi connectivity index (χ4n) is 2.53. The summed E-state index contributed by atoms with van der Waals surface area (Å²) in [5.41, 5.74) is 1.07. The number of amides is 1. The quantitative estimate of drug-likeness (QED) is 0.516. The first-order valence-electron chi connectivity index (χ1n) is 9.49. The summed E-state index contributed by atoms with van der Waals surface area (Å²) >= 11 is 0. The highest BCUT2D eigenvalue weighted by molar-refractivity contribution is 5.83. The van der Waals surface area contributed by atoms with Gasteiger partial charge in [-0.3, -0.25) is 4.79 Å². The van der Waals surface area contributed by atoms with Crippen LogP contribution >= 0.6 is 0 Å². The molecule has 2 aromatic carbocycles. The number of ether oxygens (including phenoxy) is 3. The molecule has 1 N–H and O–H groups in total. The summed E-state index contributed by atoms with van der Waals surface area (Å²) in [6.07, 6.45) is 0.578. The van der Waals surface area contributed by atoms with Gasteiger partial charge < -0.3 is 23.9 Å². The van der Waals surface area contributed by atoms with Crippen LogP contribution in [0, 0.1) is 0 Å². The number of rotatable bonds is 10. The van der Waals surface area contributed by atoms with E-state index in [1.165, 1.54) is 13.2 Å². The maximum Gasteiger partial charge on any atom is 0.344 e. The molecule has 0 aliphatic rings. The highest BCUT2D eigenvalue weighted by Gasteiger charge is 2.18. The lowest BCUT2D eigenvalue weighted by Gasteiger charge is -2.13. The number of hydrogen-bond donors (Lipinski definition) is 1. The fraction of sp³-hybridized carbons (Fsp3) is 0.217. The molecule has 1 atom stereocenters. The normalized spacial score (nSPS) is 11.4. The van der Waals surface area contributed by atoms with Crippen LogP contribution in [0.2, 0.25) is 0 Å². The predicted octanol–water partition coefficient (Wildman–Crippen LogP) is 3.49. The smallest absolute Gasteiger partial charge is 0.344 e. The summed E-state index contributed by atoms with van der Waals surface area (Å²) in [6.45, 7) is 1.88. The van der Waals surface area contributed by atoms with Gasteiger partial charge in [-0.25, -0.2) is 4.79 Å². The second-order valence-corrected chi connectivity index (χ2v) is 6.46. The Morgan fingerprint density at radius 2 is 1.63 bits per heavy atom. The standard InChI is InChI=1S/C23H23NO6/c1-17(23(26)24-14-21-8-5-13-27-21)30-22(25)16-29-20-11-9-19(10-12-20)28-15-18-6-3-2-4-7-18/h2-13,17H,14-16H2,1H3,(H,24,26)/t17-/m0/s1. The van der Waals surface area contributed by atoms with Gasteiger partial charge in [0.1, 0.15) is 23.9 Å². The number of esters is 1. The molecule has 7 nitrogen and oxygen atoms in total. The Bertz CT molecular complexity index is 922. The SMILES string of the molecule is C[C@H](OC(=O)COc1ccc(OCc2ccccc2)cc1)C(=O)NCc1ccco1. The Morgan fingerprint density at radius 1 is 0.933 bits per heavy atom. The van der Waals surface area contributed by atoms with Gasteiger partial charge in [-0.15, -0.1) is 0 Å². The zero-order chi connectivity index (χ0) is 21.2. The Morgan fingerprint density at radius 3 is 2.30 bits per heavy atom. The van der Waals surface area contributed by atoms with Crippen LogP contribution in [-0.2, 0) is 27.5 Å². The van der Waals surface area contributed by atoms with Crippen LogP contribution in [0.4, 0.5) is 0 Å². The van der Waals surface area contributed by atoms with E-state index in [-0.39, 0.29) is 13.2 Å².